The number of nitrogens with zero attached hydrogens (tertiary/aromatic N) is 1. The van der Waals surface area contributed by atoms with Crippen LogP contribution in [0, 0.1) is 5.92 Å². The minimum absolute atomic E-state index is 0.111. The van der Waals surface area contributed by atoms with Gasteiger partial charge in [0.1, 0.15) is 5.76 Å². The summed E-state index contributed by atoms with van der Waals surface area (Å²) in [5.74, 6) is 1.33. The van der Waals surface area contributed by atoms with Crippen LogP contribution in [-0.2, 0) is 6.18 Å². The highest BCUT2D eigenvalue weighted by Gasteiger charge is 2.35. The minimum Gasteiger partial charge on any atom is -0.380 e. The van der Waals surface area contributed by atoms with E-state index in [2.05, 4.69) is 5.16 Å². The van der Waals surface area contributed by atoms with Gasteiger partial charge in [0.15, 0.2) is 5.82 Å². The molecule has 6 heteroatoms. The zero-order valence-electron chi connectivity index (χ0n) is 11.4. The third-order valence-corrected chi connectivity index (χ3v) is 3.97. The summed E-state index contributed by atoms with van der Waals surface area (Å²) in [5.41, 5.74) is 5.98. The van der Waals surface area contributed by atoms with Crippen molar-refractivity contribution >= 4 is 5.82 Å². The Labute approximate surface area is 119 Å². The summed E-state index contributed by atoms with van der Waals surface area (Å²) in [6.07, 6.45) is -2.18. The Morgan fingerprint density at radius 2 is 2.05 bits per heavy atom. The Morgan fingerprint density at radius 1 is 1.33 bits per heavy atom. The Morgan fingerprint density at radius 3 is 2.67 bits per heavy atom. The number of rotatable bonds is 3. The van der Waals surface area contributed by atoms with Crippen LogP contribution in [0.3, 0.4) is 0 Å². The molecule has 1 atom stereocenters. The summed E-state index contributed by atoms with van der Waals surface area (Å²) < 4.78 is 43.8. The van der Waals surface area contributed by atoms with Crippen molar-refractivity contribution in [2.45, 2.75) is 31.9 Å². The molecule has 0 saturated heterocycles. The van der Waals surface area contributed by atoms with Crippen LogP contribution in [0.4, 0.5) is 19.0 Å². The molecule has 2 aromatic rings. The lowest BCUT2D eigenvalue weighted by molar-refractivity contribution is -0.137. The second-order valence-corrected chi connectivity index (χ2v) is 5.51. The Balaban J connectivity index is 2.06. The highest BCUT2D eigenvalue weighted by molar-refractivity contribution is 5.76. The van der Waals surface area contributed by atoms with E-state index < -0.39 is 11.7 Å². The SMILES string of the molecule is CC(c1onc(N)c1-c1cccc(C(F)(F)F)c1)C1CC1. The summed E-state index contributed by atoms with van der Waals surface area (Å²) in [5, 5.41) is 3.74. The third kappa shape index (κ3) is 2.62. The summed E-state index contributed by atoms with van der Waals surface area (Å²) in [7, 11) is 0. The molecule has 3 nitrogen and oxygen atoms in total. The van der Waals surface area contributed by atoms with E-state index in [1.165, 1.54) is 6.07 Å². The van der Waals surface area contributed by atoms with Crippen molar-refractivity contribution in [2.75, 3.05) is 5.73 Å². The largest absolute Gasteiger partial charge is 0.416 e. The van der Waals surface area contributed by atoms with Gasteiger partial charge in [-0.1, -0.05) is 24.2 Å². The number of nitrogens with two attached hydrogens (primary N) is 1. The molecule has 1 saturated carbocycles. The van der Waals surface area contributed by atoms with Gasteiger partial charge >= 0.3 is 6.18 Å². The second-order valence-electron chi connectivity index (χ2n) is 5.51. The zero-order chi connectivity index (χ0) is 15.2. The van der Waals surface area contributed by atoms with Crippen molar-refractivity contribution in [3.05, 3.63) is 35.6 Å². The molecule has 0 bridgehead atoms. The van der Waals surface area contributed by atoms with Crippen LogP contribution in [0.25, 0.3) is 11.1 Å². The first kappa shape index (κ1) is 14.0. The zero-order valence-corrected chi connectivity index (χ0v) is 11.4. The van der Waals surface area contributed by atoms with Crippen LogP contribution in [0.2, 0.25) is 0 Å². The first-order valence-electron chi connectivity index (χ1n) is 6.80. The van der Waals surface area contributed by atoms with Crippen molar-refractivity contribution in [1.29, 1.82) is 0 Å². The number of anilines is 1. The first-order chi connectivity index (χ1) is 9.88. The summed E-state index contributed by atoms with van der Waals surface area (Å²) in [4.78, 5) is 0. The van der Waals surface area contributed by atoms with E-state index in [4.69, 9.17) is 10.3 Å². The molecule has 1 unspecified atom stereocenters. The van der Waals surface area contributed by atoms with Gasteiger partial charge in [0.2, 0.25) is 0 Å². The molecule has 0 amide bonds. The number of nitrogen functional groups attached to an aromatic ring is 1. The van der Waals surface area contributed by atoms with Gasteiger partial charge in [-0.25, -0.2) is 0 Å². The van der Waals surface area contributed by atoms with E-state index in [0.29, 0.717) is 22.8 Å². The summed E-state index contributed by atoms with van der Waals surface area (Å²) in [6.45, 7) is 1.99. The van der Waals surface area contributed by atoms with Gasteiger partial charge in [-0.15, -0.1) is 0 Å². The highest BCUT2D eigenvalue weighted by Crippen LogP contribution is 2.46. The van der Waals surface area contributed by atoms with E-state index in [1.54, 1.807) is 6.07 Å². The quantitative estimate of drug-likeness (QED) is 0.910. The van der Waals surface area contributed by atoms with E-state index in [1.807, 2.05) is 6.92 Å². The molecule has 1 fully saturated rings. The molecule has 0 radical (unpaired) electrons. The average Bonchev–Trinajstić information content (AvgIpc) is 3.20. The van der Waals surface area contributed by atoms with Crippen molar-refractivity contribution in [3.8, 4) is 11.1 Å². The number of hydrogen-bond acceptors (Lipinski definition) is 3. The molecule has 21 heavy (non-hydrogen) atoms. The molecule has 2 N–H and O–H groups in total. The van der Waals surface area contributed by atoms with Gasteiger partial charge in [-0.2, -0.15) is 13.2 Å². The molecule has 1 aromatic heterocycles. The molecule has 1 aliphatic carbocycles. The fourth-order valence-electron chi connectivity index (χ4n) is 2.58. The van der Waals surface area contributed by atoms with Crippen LogP contribution in [-0.4, -0.2) is 5.16 Å². The number of alkyl halides is 3. The van der Waals surface area contributed by atoms with Crippen molar-refractivity contribution < 1.29 is 17.7 Å². The van der Waals surface area contributed by atoms with E-state index >= 15 is 0 Å². The Hall–Kier alpha value is -1.98. The van der Waals surface area contributed by atoms with Gasteiger partial charge in [-0.05, 0) is 36.5 Å². The van der Waals surface area contributed by atoms with Crippen LogP contribution in [0.15, 0.2) is 28.8 Å². The smallest absolute Gasteiger partial charge is 0.380 e. The van der Waals surface area contributed by atoms with Crippen molar-refractivity contribution in [3.63, 3.8) is 0 Å². The maximum atomic E-state index is 12.8. The highest BCUT2D eigenvalue weighted by atomic mass is 19.4. The third-order valence-electron chi connectivity index (χ3n) is 3.97. The fourth-order valence-corrected chi connectivity index (χ4v) is 2.58. The molecule has 0 aliphatic heterocycles. The fraction of sp³-hybridized carbons (Fsp3) is 0.400. The molecule has 0 spiro atoms. The first-order valence-corrected chi connectivity index (χ1v) is 6.80. The minimum atomic E-state index is -4.38. The standard InChI is InChI=1S/C15H15F3N2O/c1-8(9-5-6-9)13-12(14(19)20-21-13)10-3-2-4-11(7-10)15(16,17)18/h2-4,7-9H,5-6H2,1H3,(H2,19,20). The van der Waals surface area contributed by atoms with E-state index in [0.717, 1.165) is 25.0 Å². The maximum absolute atomic E-state index is 12.8. The monoisotopic (exact) mass is 296 g/mol. The molecule has 1 heterocycles. The molecular formula is C15H15F3N2O. The average molecular weight is 296 g/mol. The van der Waals surface area contributed by atoms with E-state index in [9.17, 15) is 13.2 Å². The number of benzene rings is 1. The summed E-state index contributed by atoms with van der Waals surface area (Å²) >= 11 is 0. The van der Waals surface area contributed by atoms with Gasteiger partial charge in [0.05, 0.1) is 11.1 Å². The van der Waals surface area contributed by atoms with Gasteiger partial charge in [0.25, 0.3) is 0 Å². The molecule has 112 valence electrons. The number of aromatic nitrogens is 1. The Bertz CT molecular complexity index is 659. The summed E-state index contributed by atoms with van der Waals surface area (Å²) in [6, 6.07) is 5.10. The van der Waals surface area contributed by atoms with Gasteiger partial charge in [-0.3, -0.25) is 0 Å². The molecular weight excluding hydrogens is 281 g/mol. The molecule has 3 rings (SSSR count). The lowest BCUT2D eigenvalue weighted by Crippen LogP contribution is -2.05. The normalized spacial score (nSPS) is 17.0. The number of hydrogen-bond donors (Lipinski definition) is 1. The van der Waals surface area contributed by atoms with Crippen molar-refractivity contribution in [2.24, 2.45) is 5.92 Å². The lowest BCUT2D eigenvalue weighted by atomic mass is 9.94. The van der Waals surface area contributed by atoms with Crippen molar-refractivity contribution in [1.82, 2.24) is 5.16 Å². The topological polar surface area (TPSA) is 52.0 Å². The lowest BCUT2D eigenvalue weighted by Gasteiger charge is -2.11. The van der Waals surface area contributed by atoms with Crippen LogP contribution in [0.5, 0.6) is 0 Å². The van der Waals surface area contributed by atoms with Gasteiger partial charge in [0, 0.05) is 5.92 Å². The molecule has 1 aliphatic rings. The van der Waals surface area contributed by atoms with Gasteiger partial charge < -0.3 is 10.3 Å². The van der Waals surface area contributed by atoms with Crippen LogP contribution >= 0.6 is 0 Å². The Kier molecular flexibility index (Phi) is 3.19. The predicted molar refractivity (Wildman–Crippen MR) is 72.5 cm³/mol. The molecule has 1 aromatic carbocycles. The number of halogens is 3. The van der Waals surface area contributed by atoms with E-state index in [-0.39, 0.29) is 11.7 Å². The maximum Gasteiger partial charge on any atom is 0.416 e. The second kappa shape index (κ2) is 4.79. The van der Waals surface area contributed by atoms with Crippen LogP contribution < -0.4 is 5.73 Å². The van der Waals surface area contributed by atoms with Crippen LogP contribution in [0.1, 0.15) is 37.0 Å². The predicted octanol–water partition coefficient (Wildman–Crippen LogP) is 4.46.